The summed E-state index contributed by atoms with van der Waals surface area (Å²) >= 11 is 0. The molecule has 1 amide bonds. The van der Waals surface area contributed by atoms with Crippen molar-refractivity contribution in [3.63, 3.8) is 0 Å². The second-order valence-electron chi connectivity index (χ2n) is 4.57. The zero-order valence-electron chi connectivity index (χ0n) is 12.7. The number of hydrogen-bond acceptors (Lipinski definition) is 5. The number of carbonyl (C=O) groups excluding carboxylic acids is 2. The Labute approximate surface area is 125 Å². The lowest BCUT2D eigenvalue weighted by atomic mass is 10.3. The first-order valence-electron chi connectivity index (χ1n) is 6.83. The Morgan fingerprint density at radius 1 is 1.24 bits per heavy atom. The van der Waals surface area contributed by atoms with Gasteiger partial charge < -0.3 is 14.8 Å². The highest BCUT2D eigenvalue weighted by atomic mass is 16.5. The maximum absolute atomic E-state index is 11.8. The number of ether oxygens (including phenoxy) is 2. The summed E-state index contributed by atoms with van der Waals surface area (Å²) < 4.78 is 9.88. The molecule has 0 saturated heterocycles. The van der Waals surface area contributed by atoms with Crippen molar-refractivity contribution >= 4 is 17.6 Å². The molecule has 0 bridgehead atoms. The molecule has 1 rings (SSSR count). The Kier molecular flexibility index (Phi) is 7.25. The SMILES string of the molecule is CCOc1ccc(NC(=O)CN(C)CCC(=O)OC)cc1. The Morgan fingerprint density at radius 3 is 2.48 bits per heavy atom. The minimum atomic E-state index is -0.284. The smallest absolute Gasteiger partial charge is 0.306 e. The van der Waals surface area contributed by atoms with Crippen molar-refractivity contribution in [1.29, 1.82) is 0 Å². The number of nitrogens with zero attached hydrogens (tertiary/aromatic N) is 1. The maximum Gasteiger partial charge on any atom is 0.306 e. The predicted octanol–water partition coefficient (Wildman–Crippen LogP) is 1.52. The van der Waals surface area contributed by atoms with Crippen molar-refractivity contribution in [2.45, 2.75) is 13.3 Å². The van der Waals surface area contributed by atoms with Crippen LogP contribution in [0.5, 0.6) is 5.75 Å². The first kappa shape index (κ1) is 17.0. The summed E-state index contributed by atoms with van der Waals surface area (Å²) in [4.78, 5) is 24.6. The molecule has 1 N–H and O–H groups in total. The Morgan fingerprint density at radius 2 is 1.90 bits per heavy atom. The highest BCUT2D eigenvalue weighted by Gasteiger charge is 2.09. The average Bonchev–Trinajstić information content (AvgIpc) is 2.47. The second-order valence-corrected chi connectivity index (χ2v) is 4.57. The molecule has 1 aromatic carbocycles. The van der Waals surface area contributed by atoms with Crippen molar-refractivity contribution in [3.8, 4) is 5.75 Å². The van der Waals surface area contributed by atoms with Gasteiger partial charge in [-0.2, -0.15) is 0 Å². The summed E-state index contributed by atoms with van der Waals surface area (Å²) in [5.41, 5.74) is 0.713. The third kappa shape index (κ3) is 6.76. The van der Waals surface area contributed by atoms with Crippen molar-refractivity contribution in [2.24, 2.45) is 0 Å². The summed E-state index contributed by atoms with van der Waals surface area (Å²) in [6.45, 7) is 3.21. The van der Waals surface area contributed by atoms with Gasteiger partial charge in [0, 0.05) is 12.2 Å². The van der Waals surface area contributed by atoms with Crippen molar-refractivity contribution in [1.82, 2.24) is 4.90 Å². The molecule has 0 atom stereocenters. The number of amides is 1. The zero-order chi connectivity index (χ0) is 15.7. The topological polar surface area (TPSA) is 67.9 Å². The van der Waals surface area contributed by atoms with E-state index in [1.807, 2.05) is 6.92 Å². The monoisotopic (exact) mass is 294 g/mol. The molecular formula is C15H22N2O4. The fourth-order valence-electron chi connectivity index (χ4n) is 1.71. The molecule has 6 nitrogen and oxygen atoms in total. The van der Waals surface area contributed by atoms with E-state index >= 15 is 0 Å². The number of benzene rings is 1. The molecule has 0 unspecified atom stereocenters. The van der Waals surface area contributed by atoms with E-state index in [0.717, 1.165) is 5.75 Å². The molecule has 0 fully saturated rings. The van der Waals surface area contributed by atoms with Gasteiger partial charge in [0.15, 0.2) is 0 Å². The van der Waals surface area contributed by atoms with Crippen LogP contribution in [0.4, 0.5) is 5.69 Å². The van der Waals surface area contributed by atoms with Crippen LogP contribution < -0.4 is 10.1 Å². The van der Waals surface area contributed by atoms with Crippen LogP contribution in [-0.4, -0.2) is 50.6 Å². The van der Waals surface area contributed by atoms with E-state index in [-0.39, 0.29) is 24.8 Å². The summed E-state index contributed by atoms with van der Waals surface area (Å²) in [7, 11) is 3.13. The lowest BCUT2D eigenvalue weighted by Crippen LogP contribution is -2.31. The van der Waals surface area contributed by atoms with E-state index in [0.29, 0.717) is 18.8 Å². The molecule has 0 radical (unpaired) electrons. The number of likely N-dealkylation sites (N-methyl/N-ethyl adjacent to an activating group) is 1. The lowest BCUT2D eigenvalue weighted by molar-refractivity contribution is -0.141. The first-order valence-corrected chi connectivity index (χ1v) is 6.83. The van der Waals surface area contributed by atoms with E-state index < -0.39 is 0 Å². The van der Waals surface area contributed by atoms with E-state index in [1.165, 1.54) is 7.11 Å². The largest absolute Gasteiger partial charge is 0.494 e. The molecule has 6 heteroatoms. The Balaban J connectivity index is 2.37. The van der Waals surface area contributed by atoms with Gasteiger partial charge in [-0.15, -0.1) is 0 Å². The third-order valence-corrected chi connectivity index (χ3v) is 2.79. The quantitative estimate of drug-likeness (QED) is 0.736. The summed E-state index contributed by atoms with van der Waals surface area (Å²) in [6, 6.07) is 7.19. The normalized spacial score (nSPS) is 10.3. The van der Waals surface area contributed by atoms with Crippen molar-refractivity contribution in [2.75, 3.05) is 39.2 Å². The number of nitrogens with one attached hydrogen (secondary N) is 1. The number of methoxy groups -OCH3 is 1. The molecule has 0 aliphatic rings. The van der Waals surface area contributed by atoms with Crippen LogP contribution in [0.25, 0.3) is 0 Å². The minimum Gasteiger partial charge on any atom is -0.494 e. The van der Waals surface area contributed by atoms with E-state index in [4.69, 9.17) is 4.74 Å². The predicted molar refractivity (Wildman–Crippen MR) is 80.4 cm³/mol. The Hall–Kier alpha value is -2.08. The highest BCUT2D eigenvalue weighted by Crippen LogP contribution is 2.15. The van der Waals surface area contributed by atoms with Gasteiger partial charge in [-0.1, -0.05) is 0 Å². The third-order valence-electron chi connectivity index (χ3n) is 2.79. The molecule has 0 saturated carbocycles. The molecule has 1 aromatic rings. The summed E-state index contributed by atoms with van der Waals surface area (Å²) in [5, 5.41) is 2.79. The molecule has 0 aromatic heterocycles. The average molecular weight is 294 g/mol. The minimum absolute atomic E-state index is 0.133. The van der Waals surface area contributed by atoms with Crippen molar-refractivity contribution in [3.05, 3.63) is 24.3 Å². The molecule has 0 spiro atoms. The zero-order valence-corrected chi connectivity index (χ0v) is 12.7. The molecular weight excluding hydrogens is 272 g/mol. The molecule has 0 aliphatic carbocycles. The van der Waals surface area contributed by atoms with Gasteiger partial charge in [-0.3, -0.25) is 14.5 Å². The summed E-state index contributed by atoms with van der Waals surface area (Å²) in [6.07, 6.45) is 0.267. The fraction of sp³-hybridized carbons (Fsp3) is 0.467. The van der Waals surface area contributed by atoms with Gasteiger partial charge in [0.25, 0.3) is 0 Å². The van der Waals surface area contributed by atoms with Crippen LogP contribution in [0.15, 0.2) is 24.3 Å². The number of hydrogen-bond donors (Lipinski definition) is 1. The number of anilines is 1. The first-order chi connectivity index (χ1) is 10.0. The van der Waals surface area contributed by atoms with Gasteiger partial charge in [0.1, 0.15) is 5.75 Å². The number of rotatable bonds is 8. The Bertz CT molecular complexity index is 459. The van der Waals surface area contributed by atoms with Crippen LogP contribution >= 0.6 is 0 Å². The molecule has 116 valence electrons. The van der Waals surface area contributed by atoms with Gasteiger partial charge in [0.2, 0.25) is 5.91 Å². The number of carbonyl (C=O) groups is 2. The standard InChI is InChI=1S/C15H22N2O4/c1-4-21-13-7-5-12(6-8-13)16-14(18)11-17(2)10-9-15(19)20-3/h5-8H,4,9-11H2,1-3H3,(H,16,18). The van der Waals surface area contributed by atoms with Crippen molar-refractivity contribution < 1.29 is 19.1 Å². The van der Waals surface area contributed by atoms with Gasteiger partial charge in [-0.05, 0) is 38.2 Å². The van der Waals surface area contributed by atoms with E-state index in [1.54, 1.807) is 36.2 Å². The summed E-state index contributed by atoms with van der Waals surface area (Å²) in [5.74, 6) is 0.353. The maximum atomic E-state index is 11.8. The van der Waals surface area contributed by atoms with Gasteiger partial charge in [-0.25, -0.2) is 0 Å². The van der Waals surface area contributed by atoms with E-state index in [2.05, 4.69) is 10.1 Å². The second kappa shape index (κ2) is 8.97. The highest BCUT2D eigenvalue weighted by molar-refractivity contribution is 5.92. The molecule has 0 heterocycles. The van der Waals surface area contributed by atoms with Crippen LogP contribution in [-0.2, 0) is 14.3 Å². The molecule has 21 heavy (non-hydrogen) atoms. The fourth-order valence-corrected chi connectivity index (χ4v) is 1.71. The van der Waals surface area contributed by atoms with Crippen LogP contribution in [0.3, 0.4) is 0 Å². The van der Waals surface area contributed by atoms with Crippen LogP contribution in [0.1, 0.15) is 13.3 Å². The van der Waals surface area contributed by atoms with Crippen LogP contribution in [0, 0.1) is 0 Å². The lowest BCUT2D eigenvalue weighted by Gasteiger charge is -2.15. The van der Waals surface area contributed by atoms with Crippen LogP contribution in [0.2, 0.25) is 0 Å². The number of esters is 1. The van der Waals surface area contributed by atoms with Gasteiger partial charge >= 0.3 is 5.97 Å². The van der Waals surface area contributed by atoms with Gasteiger partial charge in [0.05, 0.1) is 26.7 Å². The molecule has 0 aliphatic heterocycles. The van der Waals surface area contributed by atoms with E-state index in [9.17, 15) is 9.59 Å².